The third kappa shape index (κ3) is 2.52. The van der Waals surface area contributed by atoms with Crippen molar-refractivity contribution in [3.63, 3.8) is 0 Å². The highest BCUT2D eigenvalue weighted by Gasteiger charge is 2.17. The molecule has 0 atom stereocenters. The number of hydrogen-bond donors (Lipinski definition) is 0. The van der Waals surface area contributed by atoms with Crippen LogP contribution in [-0.2, 0) is 4.74 Å². The number of methoxy groups -OCH3 is 3. The van der Waals surface area contributed by atoms with Crippen molar-refractivity contribution in [2.45, 2.75) is 0 Å². The van der Waals surface area contributed by atoms with Crippen LogP contribution in [0.3, 0.4) is 0 Å². The molecule has 0 bridgehead atoms. The zero-order valence-corrected chi connectivity index (χ0v) is 12.7. The molecule has 2 heterocycles. The van der Waals surface area contributed by atoms with E-state index in [1.54, 1.807) is 38.5 Å². The zero-order chi connectivity index (χ0) is 16.4. The van der Waals surface area contributed by atoms with Gasteiger partial charge in [0.15, 0.2) is 17.2 Å². The molecule has 23 heavy (non-hydrogen) atoms. The van der Waals surface area contributed by atoms with Crippen LogP contribution in [0.2, 0.25) is 0 Å². The lowest BCUT2D eigenvalue weighted by molar-refractivity contribution is 0.0590. The van der Waals surface area contributed by atoms with E-state index < -0.39 is 5.97 Å². The maximum Gasteiger partial charge on any atom is 0.357 e. The summed E-state index contributed by atoms with van der Waals surface area (Å²) in [6, 6.07) is 6.85. The fourth-order valence-corrected chi connectivity index (χ4v) is 2.13. The van der Waals surface area contributed by atoms with Crippen molar-refractivity contribution in [1.29, 1.82) is 0 Å². The van der Waals surface area contributed by atoms with Crippen LogP contribution >= 0.6 is 0 Å². The van der Waals surface area contributed by atoms with Crippen molar-refractivity contribution >= 4 is 11.7 Å². The Morgan fingerprint density at radius 2 is 1.87 bits per heavy atom. The fourth-order valence-electron chi connectivity index (χ4n) is 2.13. The van der Waals surface area contributed by atoms with Gasteiger partial charge in [0.2, 0.25) is 0 Å². The normalized spacial score (nSPS) is 10.6. The van der Waals surface area contributed by atoms with E-state index in [4.69, 9.17) is 14.2 Å². The summed E-state index contributed by atoms with van der Waals surface area (Å²) in [5.74, 6) is 0.768. The van der Waals surface area contributed by atoms with E-state index in [2.05, 4.69) is 20.5 Å². The van der Waals surface area contributed by atoms with E-state index in [1.165, 1.54) is 11.6 Å². The summed E-state index contributed by atoms with van der Waals surface area (Å²) in [5, 5.41) is 11.0. The van der Waals surface area contributed by atoms with E-state index in [0.29, 0.717) is 17.2 Å². The molecule has 0 spiro atoms. The predicted octanol–water partition coefficient (Wildman–Crippen LogP) is 0.990. The molecular formula is C14H13N5O4. The highest BCUT2D eigenvalue weighted by Crippen LogP contribution is 2.31. The largest absolute Gasteiger partial charge is 0.493 e. The van der Waals surface area contributed by atoms with E-state index in [1.807, 2.05) is 0 Å². The molecule has 118 valence electrons. The van der Waals surface area contributed by atoms with Gasteiger partial charge in [-0.1, -0.05) is 5.10 Å². The van der Waals surface area contributed by atoms with Crippen LogP contribution in [0, 0.1) is 0 Å². The van der Waals surface area contributed by atoms with Gasteiger partial charge in [0, 0.05) is 5.56 Å². The van der Waals surface area contributed by atoms with Crippen molar-refractivity contribution in [2.24, 2.45) is 0 Å². The SMILES string of the molecule is COC(=O)c1cc(-c2ccc(OC)c(OC)c2)nc2nnnn12. The summed E-state index contributed by atoms with van der Waals surface area (Å²) in [6.07, 6.45) is 0. The zero-order valence-electron chi connectivity index (χ0n) is 12.7. The summed E-state index contributed by atoms with van der Waals surface area (Å²) in [6.45, 7) is 0. The van der Waals surface area contributed by atoms with Crippen molar-refractivity contribution in [3.05, 3.63) is 30.0 Å². The molecule has 3 rings (SSSR count). The molecule has 0 saturated carbocycles. The van der Waals surface area contributed by atoms with Crippen molar-refractivity contribution < 1.29 is 19.0 Å². The number of fused-ring (bicyclic) bond motifs is 1. The Kier molecular flexibility index (Phi) is 3.75. The van der Waals surface area contributed by atoms with E-state index in [0.717, 1.165) is 5.56 Å². The van der Waals surface area contributed by atoms with Crippen molar-refractivity contribution in [3.8, 4) is 22.8 Å². The van der Waals surface area contributed by atoms with Crippen LogP contribution in [0.5, 0.6) is 11.5 Å². The standard InChI is InChI=1S/C14H13N5O4/c1-21-11-5-4-8(6-12(11)22-2)9-7-10(13(20)23-3)19-14(15-9)16-17-18-19/h4-7H,1-3H3. The summed E-state index contributed by atoms with van der Waals surface area (Å²) >= 11 is 0. The monoisotopic (exact) mass is 315 g/mol. The third-order valence-electron chi connectivity index (χ3n) is 3.25. The van der Waals surface area contributed by atoms with Crippen LogP contribution in [0.25, 0.3) is 17.0 Å². The lowest BCUT2D eigenvalue weighted by Gasteiger charge is -2.10. The highest BCUT2D eigenvalue weighted by atomic mass is 16.5. The molecule has 9 nitrogen and oxygen atoms in total. The Balaban J connectivity index is 2.18. The molecule has 0 amide bonds. The van der Waals surface area contributed by atoms with Gasteiger partial charge in [0.05, 0.1) is 27.0 Å². The predicted molar refractivity (Wildman–Crippen MR) is 78.5 cm³/mol. The lowest BCUT2D eigenvalue weighted by atomic mass is 10.1. The molecule has 2 aromatic heterocycles. The van der Waals surface area contributed by atoms with Crippen LogP contribution in [0.15, 0.2) is 24.3 Å². The van der Waals surface area contributed by atoms with Gasteiger partial charge in [-0.25, -0.2) is 9.78 Å². The topological polar surface area (TPSA) is 101 Å². The minimum Gasteiger partial charge on any atom is -0.493 e. The molecule has 0 N–H and O–H groups in total. The summed E-state index contributed by atoms with van der Waals surface area (Å²) in [7, 11) is 4.38. The third-order valence-corrected chi connectivity index (χ3v) is 3.25. The first-order valence-electron chi connectivity index (χ1n) is 6.57. The van der Waals surface area contributed by atoms with E-state index in [-0.39, 0.29) is 11.5 Å². The number of tetrazole rings is 1. The van der Waals surface area contributed by atoms with E-state index in [9.17, 15) is 4.79 Å². The molecule has 0 radical (unpaired) electrons. The molecule has 3 aromatic rings. The number of carbonyl (C=O) groups excluding carboxylic acids is 1. The quantitative estimate of drug-likeness (QED) is 0.657. The molecule has 9 heteroatoms. The first-order chi connectivity index (χ1) is 11.2. The van der Waals surface area contributed by atoms with Crippen LogP contribution in [-0.4, -0.2) is 52.3 Å². The van der Waals surface area contributed by atoms with Gasteiger partial charge in [-0.15, -0.1) is 0 Å². The summed E-state index contributed by atoms with van der Waals surface area (Å²) in [5.41, 5.74) is 1.40. The van der Waals surface area contributed by atoms with Gasteiger partial charge in [0.25, 0.3) is 5.78 Å². The fraction of sp³-hybridized carbons (Fsp3) is 0.214. The number of carbonyl (C=O) groups is 1. The summed E-state index contributed by atoms with van der Waals surface area (Å²) in [4.78, 5) is 16.3. The molecule has 1 aromatic carbocycles. The van der Waals surface area contributed by atoms with Crippen LogP contribution < -0.4 is 9.47 Å². The number of benzene rings is 1. The maximum absolute atomic E-state index is 11.9. The second kappa shape index (κ2) is 5.87. The van der Waals surface area contributed by atoms with Gasteiger partial charge in [-0.05, 0) is 34.7 Å². The Hall–Kier alpha value is -3.23. The number of ether oxygens (including phenoxy) is 3. The number of esters is 1. The average Bonchev–Trinajstić information content (AvgIpc) is 3.08. The number of hydrogen-bond acceptors (Lipinski definition) is 8. The Morgan fingerprint density at radius 1 is 1.09 bits per heavy atom. The molecule has 0 aliphatic heterocycles. The minimum absolute atomic E-state index is 0.173. The van der Waals surface area contributed by atoms with Gasteiger partial charge < -0.3 is 14.2 Å². The second-order valence-corrected chi connectivity index (χ2v) is 4.48. The molecule has 0 saturated heterocycles. The van der Waals surface area contributed by atoms with Crippen molar-refractivity contribution in [1.82, 2.24) is 25.0 Å². The minimum atomic E-state index is -0.563. The van der Waals surface area contributed by atoms with Gasteiger partial charge in [0.1, 0.15) is 0 Å². The second-order valence-electron chi connectivity index (χ2n) is 4.48. The van der Waals surface area contributed by atoms with Crippen molar-refractivity contribution in [2.75, 3.05) is 21.3 Å². The highest BCUT2D eigenvalue weighted by molar-refractivity contribution is 5.89. The van der Waals surface area contributed by atoms with Crippen LogP contribution in [0.1, 0.15) is 10.5 Å². The van der Waals surface area contributed by atoms with Gasteiger partial charge in [-0.2, -0.15) is 4.52 Å². The van der Waals surface area contributed by atoms with E-state index >= 15 is 0 Å². The van der Waals surface area contributed by atoms with Gasteiger partial charge >= 0.3 is 5.97 Å². The lowest BCUT2D eigenvalue weighted by Crippen LogP contribution is -2.11. The average molecular weight is 315 g/mol. The molecule has 0 unspecified atom stereocenters. The van der Waals surface area contributed by atoms with Crippen LogP contribution in [0.4, 0.5) is 0 Å². The number of rotatable bonds is 4. The Labute approximate surface area is 130 Å². The molecule has 0 fully saturated rings. The Morgan fingerprint density at radius 3 is 2.57 bits per heavy atom. The smallest absolute Gasteiger partial charge is 0.357 e. The number of aromatic nitrogens is 5. The summed E-state index contributed by atoms with van der Waals surface area (Å²) < 4.78 is 16.5. The molecule has 0 aliphatic rings. The number of nitrogens with zero attached hydrogens (tertiary/aromatic N) is 5. The molecular weight excluding hydrogens is 302 g/mol. The Bertz CT molecular complexity index is 877. The van der Waals surface area contributed by atoms with Gasteiger partial charge in [-0.3, -0.25) is 0 Å². The first kappa shape index (κ1) is 14.7. The first-order valence-corrected chi connectivity index (χ1v) is 6.57. The molecule has 0 aliphatic carbocycles. The maximum atomic E-state index is 11.9.